The van der Waals surface area contributed by atoms with Gasteiger partial charge in [-0.1, -0.05) is 61.5 Å². The van der Waals surface area contributed by atoms with Crippen LogP contribution in [-0.2, 0) is 71.8 Å². The lowest BCUT2D eigenvalue weighted by Crippen LogP contribution is -2.43. The van der Waals surface area contributed by atoms with Gasteiger partial charge < -0.3 is 53.8 Å². The quantitative estimate of drug-likeness (QED) is 0.0326. The minimum Gasteiger partial charge on any atom is -0.492 e. The van der Waals surface area contributed by atoms with Gasteiger partial charge in [0, 0.05) is 38.9 Å². The number of hydrogen-bond donors (Lipinski definition) is 3. The molecule has 3 rings (SSSR count). The first-order valence-corrected chi connectivity index (χ1v) is 24.1. The van der Waals surface area contributed by atoms with Gasteiger partial charge in [0.25, 0.3) is 0 Å². The van der Waals surface area contributed by atoms with Crippen LogP contribution in [0.15, 0.2) is 78.9 Å². The van der Waals surface area contributed by atoms with E-state index in [1.165, 1.54) is 0 Å². The van der Waals surface area contributed by atoms with Crippen molar-refractivity contribution in [3.63, 3.8) is 0 Å². The summed E-state index contributed by atoms with van der Waals surface area (Å²) in [6, 6.07) is 21.7. The van der Waals surface area contributed by atoms with Crippen molar-refractivity contribution in [2.75, 3.05) is 59.4 Å². The molecule has 70 heavy (non-hydrogen) atoms. The minimum atomic E-state index is -0.990. The maximum atomic E-state index is 13.5. The van der Waals surface area contributed by atoms with Crippen molar-refractivity contribution < 1.29 is 66.7 Å². The van der Waals surface area contributed by atoms with Crippen molar-refractivity contribution in [3.8, 4) is 11.5 Å². The molecule has 0 saturated heterocycles. The van der Waals surface area contributed by atoms with Gasteiger partial charge in [0.15, 0.2) is 5.78 Å². The lowest BCUT2D eigenvalue weighted by atomic mass is 9.99. The van der Waals surface area contributed by atoms with E-state index in [0.29, 0.717) is 24.5 Å². The number of carbonyl (C=O) groups excluding carboxylic acids is 6. The highest BCUT2D eigenvalue weighted by molar-refractivity contribution is 5.89. The second-order valence-electron chi connectivity index (χ2n) is 18.4. The predicted molar refractivity (Wildman–Crippen MR) is 262 cm³/mol. The van der Waals surface area contributed by atoms with E-state index in [-0.39, 0.29) is 116 Å². The predicted octanol–water partition coefficient (Wildman–Crippen LogP) is 6.79. The summed E-state index contributed by atoms with van der Waals surface area (Å²) in [4.78, 5) is 76.6. The number of ether oxygens (including phenoxy) is 8. The number of ketones is 1. The molecule has 0 aromatic heterocycles. The van der Waals surface area contributed by atoms with Crippen LogP contribution in [0.2, 0.25) is 0 Å². The molecule has 0 unspecified atom stereocenters. The number of nitrogens with one attached hydrogen (secondary N) is 3. The van der Waals surface area contributed by atoms with Crippen molar-refractivity contribution in [3.05, 3.63) is 95.6 Å². The van der Waals surface area contributed by atoms with E-state index < -0.39 is 41.3 Å². The maximum absolute atomic E-state index is 13.5. The number of amides is 3. The van der Waals surface area contributed by atoms with Gasteiger partial charge in [-0.15, -0.1) is 0 Å². The summed E-state index contributed by atoms with van der Waals surface area (Å²) in [7, 11) is 0. The molecule has 0 aliphatic rings. The fourth-order valence-electron chi connectivity index (χ4n) is 6.42. The molecule has 0 aliphatic carbocycles. The Morgan fingerprint density at radius 3 is 1.64 bits per heavy atom. The molecule has 0 radical (unpaired) electrons. The molecule has 3 N–H and O–H groups in total. The Morgan fingerprint density at radius 1 is 0.529 bits per heavy atom. The summed E-state index contributed by atoms with van der Waals surface area (Å²) in [5, 5.41) is 8.31. The van der Waals surface area contributed by atoms with Crippen molar-refractivity contribution in [2.45, 2.75) is 130 Å². The smallest absolute Gasteiger partial charge is 0.407 e. The fraction of sp³-hybridized carbons (Fsp3) is 0.547. The third-order valence-corrected chi connectivity index (χ3v) is 9.71. The molecule has 0 aliphatic heterocycles. The van der Waals surface area contributed by atoms with Gasteiger partial charge in [-0.05, 0) is 102 Å². The zero-order valence-electron chi connectivity index (χ0n) is 42.1. The van der Waals surface area contributed by atoms with Crippen LogP contribution in [-0.4, -0.2) is 118 Å². The van der Waals surface area contributed by atoms with Crippen LogP contribution < -0.4 is 25.4 Å². The van der Waals surface area contributed by atoms with E-state index in [0.717, 1.165) is 23.1 Å². The summed E-state index contributed by atoms with van der Waals surface area (Å²) in [5.74, 6) is -0.642. The molecule has 0 heterocycles. The Balaban J connectivity index is 1.48. The highest BCUT2D eigenvalue weighted by Crippen LogP contribution is 2.17. The van der Waals surface area contributed by atoms with Gasteiger partial charge in [0.2, 0.25) is 11.8 Å². The Morgan fingerprint density at radius 2 is 1.06 bits per heavy atom. The van der Waals surface area contributed by atoms with E-state index in [1.807, 2.05) is 70.2 Å². The summed E-state index contributed by atoms with van der Waals surface area (Å²) in [6.45, 7) is 15.0. The number of alkyl carbamates (subject to hydrolysis) is 1. The van der Waals surface area contributed by atoms with Crippen LogP contribution in [0, 0.1) is 0 Å². The second-order valence-corrected chi connectivity index (χ2v) is 18.4. The largest absolute Gasteiger partial charge is 0.492 e. The summed E-state index contributed by atoms with van der Waals surface area (Å²) in [6.07, 6.45) is 1.41. The highest BCUT2D eigenvalue weighted by Gasteiger charge is 2.24. The van der Waals surface area contributed by atoms with E-state index in [9.17, 15) is 28.8 Å². The number of Topliss-reactive ketones (excluding diaryl/α,β-unsaturated/α-hetero) is 1. The minimum absolute atomic E-state index is 0.0369. The van der Waals surface area contributed by atoms with Gasteiger partial charge >= 0.3 is 18.0 Å². The second kappa shape index (κ2) is 32.0. The molecule has 0 fully saturated rings. The Labute approximate surface area is 413 Å². The first-order chi connectivity index (χ1) is 33.4. The number of rotatable bonds is 33. The Bertz CT molecular complexity index is 2020. The standard InChI is InChI=1S/C53H75N3O14/c1-8-28-63-30-24-47(58)55-44(36-39-16-22-43(23-17-39)67-35-34-65-32-26-49(60)69-52(2,3)4)46(57)15-12-29-64-31-25-48(59)56-45(50(61)68-38-41-13-10-9-11-14-41)37-40-18-20-42(21-19-40)66-33-27-54-51(62)70-53(5,6)7/h9-11,13-14,16-23,44-45H,8,12,15,24-38H2,1-7H3,(H,54,62)(H,55,58)(H,56,59)/t44-,45-/m0/s1. The molecule has 3 amide bonds. The van der Waals surface area contributed by atoms with Crippen molar-refractivity contribution in [1.29, 1.82) is 0 Å². The van der Waals surface area contributed by atoms with Crippen LogP contribution in [0.4, 0.5) is 4.79 Å². The SMILES string of the molecule is CCCOCCC(=O)N[C@@H](Cc1ccc(OCCOCCC(=O)OC(C)(C)C)cc1)C(=O)CCCOCCC(=O)N[C@@H](Cc1ccc(OCCNC(=O)OC(C)(C)C)cc1)C(=O)OCc1ccccc1. The van der Waals surface area contributed by atoms with Gasteiger partial charge in [0.1, 0.15) is 48.6 Å². The zero-order valence-corrected chi connectivity index (χ0v) is 42.1. The Kier molecular flexibility index (Phi) is 26.6. The lowest BCUT2D eigenvalue weighted by molar-refractivity contribution is -0.156. The molecule has 17 nitrogen and oxygen atoms in total. The topological polar surface area (TPSA) is 212 Å². The zero-order chi connectivity index (χ0) is 51.2. The third-order valence-electron chi connectivity index (χ3n) is 9.71. The average Bonchev–Trinajstić information content (AvgIpc) is 3.30. The monoisotopic (exact) mass is 978 g/mol. The van der Waals surface area contributed by atoms with Gasteiger partial charge in [-0.2, -0.15) is 0 Å². The molecule has 3 aromatic rings. The number of benzene rings is 3. The highest BCUT2D eigenvalue weighted by atomic mass is 16.6. The van der Waals surface area contributed by atoms with Crippen LogP contribution in [0.1, 0.15) is 104 Å². The normalized spacial score (nSPS) is 12.2. The molecular weight excluding hydrogens is 903 g/mol. The van der Waals surface area contributed by atoms with E-state index in [4.69, 9.17) is 37.9 Å². The molecule has 3 aromatic carbocycles. The van der Waals surface area contributed by atoms with Crippen molar-refractivity contribution >= 4 is 35.6 Å². The Hall–Kier alpha value is -6.04. The average molecular weight is 978 g/mol. The fourth-order valence-corrected chi connectivity index (χ4v) is 6.42. The number of esters is 2. The molecule has 17 heteroatoms. The summed E-state index contributed by atoms with van der Waals surface area (Å²) in [5.41, 5.74) is 1.21. The van der Waals surface area contributed by atoms with E-state index in [1.54, 1.807) is 57.2 Å². The van der Waals surface area contributed by atoms with Gasteiger partial charge in [0.05, 0.1) is 45.4 Å². The summed E-state index contributed by atoms with van der Waals surface area (Å²) < 4.78 is 44.3. The van der Waals surface area contributed by atoms with Crippen molar-refractivity contribution in [2.24, 2.45) is 0 Å². The van der Waals surface area contributed by atoms with Crippen LogP contribution in [0.5, 0.6) is 11.5 Å². The maximum Gasteiger partial charge on any atom is 0.407 e. The van der Waals surface area contributed by atoms with Crippen LogP contribution in [0.3, 0.4) is 0 Å². The first kappa shape index (κ1) is 58.3. The molecule has 2 atom stereocenters. The number of hydrogen-bond acceptors (Lipinski definition) is 14. The molecule has 0 spiro atoms. The van der Waals surface area contributed by atoms with E-state index >= 15 is 0 Å². The molecule has 386 valence electrons. The van der Waals surface area contributed by atoms with Crippen LogP contribution in [0.25, 0.3) is 0 Å². The lowest BCUT2D eigenvalue weighted by Gasteiger charge is -2.19. The molecular formula is C53H75N3O14. The van der Waals surface area contributed by atoms with Gasteiger partial charge in [-0.3, -0.25) is 19.2 Å². The first-order valence-electron chi connectivity index (χ1n) is 24.1. The van der Waals surface area contributed by atoms with Crippen molar-refractivity contribution in [1.82, 2.24) is 16.0 Å². The van der Waals surface area contributed by atoms with Crippen LogP contribution >= 0.6 is 0 Å². The number of carbonyl (C=O) groups is 6. The summed E-state index contributed by atoms with van der Waals surface area (Å²) >= 11 is 0. The van der Waals surface area contributed by atoms with Gasteiger partial charge in [-0.25, -0.2) is 9.59 Å². The third kappa shape index (κ3) is 27.2. The molecule has 0 bridgehead atoms. The van der Waals surface area contributed by atoms with E-state index in [2.05, 4.69) is 16.0 Å². The molecule has 0 saturated carbocycles.